The molecule has 0 spiro atoms. The maximum Gasteiger partial charge on any atom is 0.249 e. The van der Waals surface area contributed by atoms with E-state index in [9.17, 15) is 0 Å². The van der Waals surface area contributed by atoms with Crippen molar-refractivity contribution >= 4 is 18.1 Å². The van der Waals surface area contributed by atoms with Gasteiger partial charge in [-0.15, -0.1) is 0 Å². The Hall–Kier alpha value is -0.420. The quantitative estimate of drug-likeness (QED) is 0.381. The molecule has 5 heteroatoms. The van der Waals surface area contributed by atoms with Gasteiger partial charge in [0.15, 0.2) is 0 Å². The van der Waals surface area contributed by atoms with E-state index < -0.39 is 6.16 Å². The molecule has 0 fully saturated rings. The van der Waals surface area contributed by atoms with Gasteiger partial charge in [0.2, 0.25) is 6.16 Å². The molecule has 0 unspecified atom stereocenters. The Morgan fingerprint density at radius 1 is 2.00 bits per heavy atom. The minimum Gasteiger partial charge on any atom is -0.565 e. The molecule has 4 nitrogen and oxygen atoms in total. The average Bonchev–Trinajstić information content (AvgIpc) is 1.33. The first-order valence-electron chi connectivity index (χ1n) is 1.33. The Kier molecular flexibility index (Phi) is 12.7. The zero-order chi connectivity index (χ0) is 6.28. The number of rotatable bonds is 0. The van der Waals surface area contributed by atoms with Gasteiger partial charge >= 0.3 is 0 Å². The van der Waals surface area contributed by atoms with Crippen molar-refractivity contribution in [1.29, 1.82) is 0 Å². The molecule has 0 aromatic heterocycles. The summed E-state index contributed by atoms with van der Waals surface area (Å²) in [6, 6.07) is 0. The van der Waals surface area contributed by atoms with Crippen molar-refractivity contribution in [2.75, 3.05) is 6.26 Å². The molecule has 0 rings (SSSR count). The second kappa shape index (κ2) is 9.13. The first-order valence-corrected chi connectivity index (χ1v) is 2.72. The van der Waals surface area contributed by atoms with Crippen molar-refractivity contribution in [3.05, 3.63) is 0 Å². The number of quaternary nitrogens is 1. The van der Waals surface area contributed by atoms with Crippen molar-refractivity contribution in [1.82, 2.24) is 0 Å². The molecule has 7 heavy (non-hydrogen) atoms. The van der Waals surface area contributed by atoms with Gasteiger partial charge in [-0.2, -0.15) is 0 Å². The van der Waals surface area contributed by atoms with E-state index in [1.54, 1.807) is 0 Å². The highest BCUT2D eigenvalue weighted by Gasteiger charge is 1.51. The lowest BCUT2D eigenvalue weighted by Crippen LogP contribution is -2.35. The predicted octanol–water partition coefficient (Wildman–Crippen LogP) is -1.61. The third kappa shape index (κ3) is 405. The largest absolute Gasteiger partial charge is 0.565 e. The van der Waals surface area contributed by atoms with E-state index in [-0.39, 0.29) is 0 Å². The molecule has 0 aromatic rings. The van der Waals surface area contributed by atoms with Crippen LogP contribution < -0.4 is 10.2 Å². The summed E-state index contributed by atoms with van der Waals surface area (Å²) >= 11 is 1.50. The second-order valence-electron chi connectivity index (χ2n) is 0.555. The number of carbonyl (C=O) groups is 1. The molecule has 0 amide bonds. The molecule has 0 aliphatic heterocycles. The van der Waals surface area contributed by atoms with Crippen LogP contribution in [-0.2, 0) is 0 Å². The van der Waals surface area contributed by atoms with E-state index >= 15 is 0 Å². The molecule has 44 valence electrons. The summed E-state index contributed by atoms with van der Waals surface area (Å²) in [6.07, 6.45) is -0.153. The Morgan fingerprint density at radius 3 is 2.00 bits per heavy atom. The lowest BCUT2D eigenvalue weighted by molar-refractivity contribution is -0.275. The van der Waals surface area contributed by atoms with Gasteiger partial charge in [-0.3, -0.25) is 5.14 Å². The zero-order valence-corrected chi connectivity index (χ0v) is 4.70. The van der Waals surface area contributed by atoms with Gasteiger partial charge in [0, 0.05) is 6.26 Å². The van der Waals surface area contributed by atoms with Crippen LogP contribution in [0.4, 0.5) is 4.79 Å². The summed E-state index contributed by atoms with van der Waals surface area (Å²) in [6.45, 7) is 0. The topological polar surface area (TPSA) is 88.0 Å². The number of hydrogen-bond donors (Lipinski definition) is 2. The highest BCUT2D eigenvalue weighted by molar-refractivity contribution is 7.91. The Labute approximate surface area is 45.5 Å². The van der Waals surface area contributed by atoms with Crippen molar-refractivity contribution in [2.24, 2.45) is 0 Å². The normalized spacial score (nSPS) is 6.00. The van der Waals surface area contributed by atoms with Crippen LogP contribution in [0.25, 0.3) is 0 Å². The van der Waals surface area contributed by atoms with Crippen LogP contribution in [0.2, 0.25) is 0 Å². The first-order chi connectivity index (χ1) is 3.15. The predicted molar refractivity (Wildman–Crippen MR) is 24.4 cm³/mol. The lowest BCUT2D eigenvalue weighted by Gasteiger charge is -1.74. The fourth-order valence-corrected chi connectivity index (χ4v) is 0. The van der Waals surface area contributed by atoms with Gasteiger partial charge < -0.3 is 15.0 Å². The van der Waals surface area contributed by atoms with Gasteiger partial charge in [-0.1, -0.05) is 0 Å². The molecule has 0 heterocycles. The van der Waals surface area contributed by atoms with E-state index in [0.29, 0.717) is 0 Å². The van der Waals surface area contributed by atoms with Crippen molar-refractivity contribution in [3.8, 4) is 0 Å². The van der Waals surface area contributed by atoms with E-state index in [1.807, 2.05) is 6.26 Å². The Balaban J connectivity index is 0. The summed E-state index contributed by atoms with van der Waals surface area (Å²) in [5.74, 6) is 0. The van der Waals surface area contributed by atoms with Crippen molar-refractivity contribution < 1.29 is 20.1 Å². The maximum atomic E-state index is 8.44. The molecule has 0 radical (unpaired) electrons. The van der Waals surface area contributed by atoms with Crippen molar-refractivity contribution in [2.45, 2.75) is 0 Å². The standard InChI is InChI=1S/CH5NS.CH2O3/c1-3-2;2-1(3)4/h2H2,1H3;(H2,2,3,4). The minimum atomic E-state index is -2.08. The third-order valence-corrected chi connectivity index (χ3v) is 0. The molecule has 4 N–H and O–H groups in total. The molecule has 0 aromatic carbocycles. The Bertz CT molecular complexity index is 44.2. The molecular weight excluding hydrogens is 118 g/mol. The third-order valence-electron chi connectivity index (χ3n) is 0. The van der Waals surface area contributed by atoms with Crippen molar-refractivity contribution in [3.63, 3.8) is 0 Å². The van der Waals surface area contributed by atoms with Crippen LogP contribution in [0.15, 0.2) is 0 Å². The lowest BCUT2D eigenvalue weighted by atomic mass is 11.5. The van der Waals surface area contributed by atoms with E-state index in [2.05, 4.69) is 5.14 Å². The Morgan fingerprint density at radius 2 is 2.00 bits per heavy atom. The fourth-order valence-electron chi connectivity index (χ4n) is 0. The summed E-state index contributed by atoms with van der Waals surface area (Å²) in [4.78, 5) is 8.44. The van der Waals surface area contributed by atoms with E-state index in [1.165, 1.54) is 11.9 Å². The summed E-state index contributed by atoms with van der Waals surface area (Å²) < 4.78 is 0. The summed E-state index contributed by atoms with van der Waals surface area (Å²) in [5, 5.41) is 18.7. The molecule has 0 aliphatic rings. The first kappa shape index (κ1) is 9.77. The molecule has 0 saturated carbocycles. The van der Waals surface area contributed by atoms with Crippen LogP contribution in [0.5, 0.6) is 0 Å². The monoisotopic (exact) mass is 125 g/mol. The van der Waals surface area contributed by atoms with Crippen LogP contribution in [-0.4, -0.2) is 17.5 Å². The molecule has 0 atom stereocenters. The zero-order valence-electron chi connectivity index (χ0n) is 3.88. The van der Waals surface area contributed by atoms with E-state index in [4.69, 9.17) is 15.0 Å². The molecule has 0 bridgehead atoms. The smallest absolute Gasteiger partial charge is 0.249 e. The average molecular weight is 125 g/mol. The van der Waals surface area contributed by atoms with Gasteiger partial charge in [-0.05, 0) is 0 Å². The van der Waals surface area contributed by atoms with Gasteiger partial charge in [-0.25, -0.2) is 0 Å². The second-order valence-corrected chi connectivity index (χ2v) is 1.13. The summed E-state index contributed by atoms with van der Waals surface area (Å²) in [5.41, 5.74) is 0. The fraction of sp³-hybridized carbons (Fsp3) is 0.500. The van der Waals surface area contributed by atoms with Crippen LogP contribution >= 0.6 is 11.9 Å². The number of carboxylic acid groups (broad SMARTS) is 2. The maximum absolute atomic E-state index is 8.44. The molecular formula is C2H7NO3S. The van der Waals surface area contributed by atoms with Crippen LogP contribution in [0.3, 0.4) is 0 Å². The summed E-state index contributed by atoms with van der Waals surface area (Å²) in [7, 11) is 0. The molecule has 0 aliphatic carbocycles. The van der Waals surface area contributed by atoms with Gasteiger partial charge in [0.25, 0.3) is 0 Å². The number of hydrogen-bond acceptors (Lipinski definition) is 3. The van der Waals surface area contributed by atoms with Crippen LogP contribution in [0.1, 0.15) is 0 Å². The van der Waals surface area contributed by atoms with Gasteiger partial charge in [0.1, 0.15) is 0 Å². The molecule has 0 saturated heterocycles. The van der Waals surface area contributed by atoms with Crippen LogP contribution in [0, 0.1) is 0 Å². The highest BCUT2D eigenvalue weighted by Crippen LogP contribution is 1.52. The minimum absolute atomic E-state index is 1.50. The SMILES string of the molecule is CS[NH3+].O=C([O-])O. The highest BCUT2D eigenvalue weighted by atomic mass is 32.2. The van der Waals surface area contributed by atoms with Gasteiger partial charge in [0.05, 0.1) is 11.9 Å². The van der Waals surface area contributed by atoms with E-state index in [0.717, 1.165) is 0 Å².